The molecule has 0 atom stereocenters. The van der Waals surface area contributed by atoms with Crippen molar-refractivity contribution < 1.29 is 14.2 Å². The molecule has 1 N–H and O–H groups in total. The lowest BCUT2D eigenvalue weighted by Crippen LogP contribution is -2.37. The van der Waals surface area contributed by atoms with Gasteiger partial charge in [0.1, 0.15) is 0 Å². The third-order valence-electron chi connectivity index (χ3n) is 3.19. The third-order valence-corrected chi connectivity index (χ3v) is 4.01. The van der Waals surface area contributed by atoms with Gasteiger partial charge in [-0.25, -0.2) is 0 Å². The van der Waals surface area contributed by atoms with Crippen LogP contribution < -0.4 is 14.8 Å². The first-order chi connectivity index (χ1) is 9.97. The van der Waals surface area contributed by atoms with E-state index in [0.717, 1.165) is 31.2 Å². The molecule has 0 heterocycles. The normalized spacial score (nSPS) is 11.5. The Morgan fingerprint density at radius 1 is 1.14 bits per heavy atom. The molecule has 0 unspecified atom stereocenters. The average molecular weight is 313 g/mol. The second-order valence-electron chi connectivity index (χ2n) is 5.32. The first-order valence-electron chi connectivity index (χ1n) is 7.11. The molecular weight excluding hydrogens is 286 g/mol. The maximum Gasteiger partial charge on any atom is 0.161 e. The first kappa shape index (κ1) is 18.1. The molecule has 0 saturated heterocycles. The molecule has 0 saturated carbocycles. The Morgan fingerprint density at radius 3 is 2.29 bits per heavy atom. The molecule has 1 aromatic carbocycles. The maximum absolute atomic E-state index is 5.69. The van der Waals surface area contributed by atoms with E-state index in [1.54, 1.807) is 26.0 Å². The Kier molecular flexibility index (Phi) is 7.35. The van der Waals surface area contributed by atoms with Crippen molar-refractivity contribution in [1.82, 2.24) is 5.32 Å². The van der Waals surface area contributed by atoms with Gasteiger partial charge < -0.3 is 19.5 Å². The molecule has 0 fully saturated rings. The van der Waals surface area contributed by atoms with Gasteiger partial charge in [-0.05, 0) is 44.7 Å². The average Bonchev–Trinajstić information content (AvgIpc) is 2.46. The second kappa shape index (κ2) is 8.51. The number of ether oxygens (including phenoxy) is 3. The van der Waals surface area contributed by atoms with Crippen LogP contribution in [0.2, 0.25) is 0 Å². The number of nitrogens with one attached hydrogen (secondary N) is 1. The fourth-order valence-electron chi connectivity index (χ4n) is 2.17. The SMILES string of the molecule is CCOC(C)(C)CNCc1cc(OC)c(OC)cc1SC. The minimum atomic E-state index is -0.162. The number of methoxy groups -OCH3 is 2. The van der Waals surface area contributed by atoms with Crippen LogP contribution in [0.5, 0.6) is 11.5 Å². The van der Waals surface area contributed by atoms with E-state index in [0.29, 0.717) is 0 Å². The largest absolute Gasteiger partial charge is 0.493 e. The maximum atomic E-state index is 5.69. The van der Waals surface area contributed by atoms with Crippen molar-refractivity contribution in [1.29, 1.82) is 0 Å². The highest BCUT2D eigenvalue weighted by Gasteiger charge is 2.17. The van der Waals surface area contributed by atoms with Crippen molar-refractivity contribution in [2.75, 3.05) is 33.6 Å². The van der Waals surface area contributed by atoms with Gasteiger partial charge in [-0.1, -0.05) is 0 Å². The van der Waals surface area contributed by atoms with Crippen LogP contribution in [0.25, 0.3) is 0 Å². The number of benzene rings is 1. The van der Waals surface area contributed by atoms with E-state index in [2.05, 4.69) is 25.4 Å². The highest BCUT2D eigenvalue weighted by Crippen LogP contribution is 2.34. The minimum absolute atomic E-state index is 0.162. The Hall–Kier alpha value is -0.910. The zero-order valence-electron chi connectivity index (χ0n) is 13.9. The Bertz CT molecular complexity index is 449. The highest BCUT2D eigenvalue weighted by atomic mass is 32.2. The van der Waals surface area contributed by atoms with Crippen LogP contribution in [-0.4, -0.2) is 39.2 Å². The van der Waals surface area contributed by atoms with Crippen LogP contribution in [0.1, 0.15) is 26.3 Å². The summed E-state index contributed by atoms with van der Waals surface area (Å²) in [5.74, 6) is 1.52. The van der Waals surface area contributed by atoms with Gasteiger partial charge in [0.25, 0.3) is 0 Å². The lowest BCUT2D eigenvalue weighted by molar-refractivity contribution is -0.00900. The van der Waals surface area contributed by atoms with E-state index in [-0.39, 0.29) is 5.60 Å². The summed E-state index contributed by atoms with van der Waals surface area (Å²) >= 11 is 1.71. The first-order valence-corrected chi connectivity index (χ1v) is 8.33. The summed E-state index contributed by atoms with van der Waals surface area (Å²) < 4.78 is 16.4. The Morgan fingerprint density at radius 2 is 1.76 bits per heavy atom. The molecule has 0 aliphatic carbocycles. The van der Waals surface area contributed by atoms with E-state index < -0.39 is 0 Å². The summed E-state index contributed by atoms with van der Waals surface area (Å²) in [6, 6.07) is 4.06. The topological polar surface area (TPSA) is 39.7 Å². The summed E-state index contributed by atoms with van der Waals surface area (Å²) in [6.45, 7) is 8.49. The van der Waals surface area contributed by atoms with Crippen LogP contribution in [0.3, 0.4) is 0 Å². The van der Waals surface area contributed by atoms with Crippen molar-refractivity contribution in [3.05, 3.63) is 17.7 Å². The predicted octanol–water partition coefficient (Wildman–Crippen LogP) is 3.33. The fourth-order valence-corrected chi connectivity index (χ4v) is 2.79. The van der Waals surface area contributed by atoms with E-state index in [9.17, 15) is 0 Å². The second-order valence-corrected chi connectivity index (χ2v) is 6.16. The van der Waals surface area contributed by atoms with Gasteiger partial charge in [0.05, 0.1) is 19.8 Å². The molecule has 0 bridgehead atoms. The Balaban J connectivity index is 2.78. The lowest BCUT2D eigenvalue weighted by Gasteiger charge is -2.25. The van der Waals surface area contributed by atoms with Gasteiger partial charge in [-0.15, -0.1) is 11.8 Å². The van der Waals surface area contributed by atoms with Crippen molar-refractivity contribution in [3.63, 3.8) is 0 Å². The molecule has 21 heavy (non-hydrogen) atoms. The van der Waals surface area contributed by atoms with Crippen molar-refractivity contribution in [3.8, 4) is 11.5 Å². The molecule has 4 nitrogen and oxygen atoms in total. The molecule has 0 aliphatic heterocycles. The van der Waals surface area contributed by atoms with E-state index in [1.165, 1.54) is 10.5 Å². The quantitative estimate of drug-likeness (QED) is 0.708. The predicted molar refractivity (Wildman–Crippen MR) is 88.7 cm³/mol. The monoisotopic (exact) mass is 313 g/mol. The van der Waals surface area contributed by atoms with Crippen LogP contribution in [0, 0.1) is 0 Å². The van der Waals surface area contributed by atoms with E-state index >= 15 is 0 Å². The molecule has 5 heteroatoms. The molecule has 1 rings (SSSR count). The molecule has 0 aromatic heterocycles. The van der Waals surface area contributed by atoms with Crippen molar-refractivity contribution in [2.24, 2.45) is 0 Å². The summed E-state index contributed by atoms with van der Waals surface area (Å²) in [5.41, 5.74) is 1.04. The highest BCUT2D eigenvalue weighted by molar-refractivity contribution is 7.98. The lowest BCUT2D eigenvalue weighted by atomic mass is 10.1. The van der Waals surface area contributed by atoms with Crippen LogP contribution in [-0.2, 0) is 11.3 Å². The molecule has 120 valence electrons. The number of hydrogen-bond donors (Lipinski definition) is 1. The van der Waals surface area contributed by atoms with Gasteiger partial charge in [-0.3, -0.25) is 0 Å². The van der Waals surface area contributed by atoms with Gasteiger partial charge in [-0.2, -0.15) is 0 Å². The summed E-state index contributed by atoms with van der Waals surface area (Å²) in [5, 5.41) is 3.46. The summed E-state index contributed by atoms with van der Waals surface area (Å²) in [4.78, 5) is 1.19. The fraction of sp³-hybridized carbons (Fsp3) is 0.625. The molecule has 0 amide bonds. The zero-order valence-corrected chi connectivity index (χ0v) is 14.7. The van der Waals surface area contributed by atoms with Gasteiger partial charge in [0.2, 0.25) is 0 Å². The van der Waals surface area contributed by atoms with E-state index in [1.807, 2.05) is 19.1 Å². The molecule has 0 aliphatic rings. The van der Waals surface area contributed by atoms with Gasteiger partial charge in [0.15, 0.2) is 11.5 Å². The molecule has 0 spiro atoms. The standard InChI is InChI=1S/C16H27NO3S/c1-7-20-16(2,3)11-17-10-12-8-13(18-4)14(19-5)9-15(12)21-6/h8-9,17H,7,10-11H2,1-6H3. The third kappa shape index (κ3) is 5.41. The number of thioether (sulfide) groups is 1. The van der Waals surface area contributed by atoms with Crippen LogP contribution in [0.4, 0.5) is 0 Å². The van der Waals surface area contributed by atoms with Gasteiger partial charge in [0, 0.05) is 24.6 Å². The zero-order chi connectivity index (χ0) is 15.9. The minimum Gasteiger partial charge on any atom is -0.493 e. The molecule has 0 radical (unpaired) electrons. The van der Waals surface area contributed by atoms with Crippen LogP contribution in [0.15, 0.2) is 17.0 Å². The Labute approximate surface area is 132 Å². The summed E-state index contributed by atoms with van der Waals surface area (Å²) in [6.07, 6.45) is 2.06. The van der Waals surface area contributed by atoms with E-state index in [4.69, 9.17) is 14.2 Å². The molecular formula is C16H27NO3S. The number of hydrogen-bond acceptors (Lipinski definition) is 5. The smallest absolute Gasteiger partial charge is 0.161 e. The van der Waals surface area contributed by atoms with Gasteiger partial charge >= 0.3 is 0 Å². The number of rotatable bonds is 9. The van der Waals surface area contributed by atoms with Crippen molar-refractivity contribution >= 4 is 11.8 Å². The molecule has 1 aromatic rings. The summed E-state index contributed by atoms with van der Waals surface area (Å²) in [7, 11) is 3.32. The van der Waals surface area contributed by atoms with Crippen LogP contribution >= 0.6 is 11.8 Å². The van der Waals surface area contributed by atoms with Crippen molar-refractivity contribution in [2.45, 2.75) is 37.8 Å².